The molecule has 0 saturated carbocycles. The van der Waals surface area contributed by atoms with Gasteiger partial charge in [-0.05, 0) is 24.0 Å². The summed E-state index contributed by atoms with van der Waals surface area (Å²) < 4.78 is 13.8. The van der Waals surface area contributed by atoms with E-state index in [2.05, 4.69) is 5.32 Å². The molecule has 0 bridgehead atoms. The van der Waals surface area contributed by atoms with Crippen molar-refractivity contribution in [2.45, 2.75) is 43.7 Å². The molecule has 0 saturated heterocycles. The Labute approximate surface area is 123 Å². The molecule has 0 aromatic heterocycles. The second-order valence-electron chi connectivity index (χ2n) is 5.27. The molecule has 3 N–H and O–H groups in total. The Bertz CT molecular complexity index is 495. The summed E-state index contributed by atoms with van der Waals surface area (Å²) in [5, 5.41) is 2.97. The van der Waals surface area contributed by atoms with Gasteiger partial charge in [-0.1, -0.05) is 32.4 Å². The minimum atomic E-state index is -0.508. The molecule has 5 heteroatoms. The van der Waals surface area contributed by atoms with Gasteiger partial charge in [0.15, 0.2) is 0 Å². The largest absolute Gasteiger partial charge is 0.348 e. The van der Waals surface area contributed by atoms with Crippen LogP contribution in [0.25, 0.3) is 0 Å². The predicted octanol–water partition coefficient (Wildman–Crippen LogP) is 2.85. The van der Waals surface area contributed by atoms with Crippen molar-refractivity contribution in [1.82, 2.24) is 5.32 Å². The summed E-state index contributed by atoms with van der Waals surface area (Å²) in [4.78, 5) is 12.8. The molecule has 2 rings (SSSR count). The summed E-state index contributed by atoms with van der Waals surface area (Å²) in [6.07, 6.45) is 1.67. The molecule has 1 aliphatic rings. The van der Waals surface area contributed by atoms with Crippen molar-refractivity contribution in [3.63, 3.8) is 0 Å². The van der Waals surface area contributed by atoms with Gasteiger partial charge in [0.25, 0.3) is 0 Å². The van der Waals surface area contributed by atoms with Gasteiger partial charge in [-0.3, -0.25) is 4.79 Å². The van der Waals surface area contributed by atoms with E-state index < -0.39 is 6.04 Å². The van der Waals surface area contributed by atoms with Gasteiger partial charge in [0.2, 0.25) is 5.91 Å². The van der Waals surface area contributed by atoms with E-state index in [0.29, 0.717) is 4.90 Å². The Kier molecular flexibility index (Phi) is 5.05. The van der Waals surface area contributed by atoms with Crippen molar-refractivity contribution >= 4 is 17.7 Å². The molecule has 1 aromatic carbocycles. The van der Waals surface area contributed by atoms with Crippen LogP contribution in [0, 0.1) is 11.7 Å². The summed E-state index contributed by atoms with van der Waals surface area (Å²) in [7, 11) is 0. The second-order valence-corrected chi connectivity index (χ2v) is 6.37. The Hall–Kier alpha value is -1.07. The van der Waals surface area contributed by atoms with E-state index in [1.165, 1.54) is 17.8 Å². The van der Waals surface area contributed by atoms with Crippen molar-refractivity contribution < 1.29 is 9.18 Å². The highest BCUT2D eigenvalue weighted by Gasteiger charge is 2.27. The molecule has 3 atom stereocenters. The van der Waals surface area contributed by atoms with Crippen LogP contribution in [0.1, 0.15) is 38.3 Å². The molecule has 1 heterocycles. The van der Waals surface area contributed by atoms with Crippen LogP contribution in [0.2, 0.25) is 0 Å². The molecular formula is C15H21FN2OS. The van der Waals surface area contributed by atoms with Gasteiger partial charge < -0.3 is 11.1 Å². The van der Waals surface area contributed by atoms with Crippen LogP contribution in [0.5, 0.6) is 0 Å². The first kappa shape index (κ1) is 15.3. The molecule has 1 aliphatic heterocycles. The maximum atomic E-state index is 13.8. The fraction of sp³-hybridized carbons (Fsp3) is 0.533. The zero-order valence-corrected chi connectivity index (χ0v) is 12.7. The molecule has 0 radical (unpaired) electrons. The fourth-order valence-electron chi connectivity index (χ4n) is 2.32. The SMILES string of the molecule is CCC(C)C(N)C(=O)NC1CCSc2c(F)cccc21. The molecule has 20 heavy (non-hydrogen) atoms. The predicted molar refractivity (Wildman–Crippen MR) is 80.1 cm³/mol. The standard InChI is InChI=1S/C15H21FN2OS/c1-3-9(2)13(17)15(19)18-12-7-8-20-14-10(12)5-4-6-11(14)16/h4-6,9,12-13H,3,7-8,17H2,1-2H3,(H,18,19). The van der Waals surface area contributed by atoms with Crippen LogP contribution >= 0.6 is 11.8 Å². The third-order valence-electron chi connectivity index (χ3n) is 3.90. The highest BCUT2D eigenvalue weighted by atomic mass is 32.2. The van der Waals surface area contributed by atoms with E-state index in [4.69, 9.17) is 5.73 Å². The van der Waals surface area contributed by atoms with E-state index >= 15 is 0 Å². The van der Waals surface area contributed by atoms with Gasteiger partial charge in [0.05, 0.1) is 12.1 Å². The molecule has 0 aliphatic carbocycles. The fourth-order valence-corrected chi connectivity index (χ4v) is 3.46. The Morgan fingerprint density at radius 2 is 2.35 bits per heavy atom. The van der Waals surface area contributed by atoms with Crippen LogP contribution < -0.4 is 11.1 Å². The van der Waals surface area contributed by atoms with E-state index in [-0.39, 0.29) is 23.7 Å². The van der Waals surface area contributed by atoms with Gasteiger partial charge in [-0.2, -0.15) is 0 Å². The van der Waals surface area contributed by atoms with Gasteiger partial charge in [-0.15, -0.1) is 11.8 Å². The van der Waals surface area contributed by atoms with Crippen molar-refractivity contribution in [2.75, 3.05) is 5.75 Å². The number of hydrogen-bond donors (Lipinski definition) is 2. The lowest BCUT2D eigenvalue weighted by Gasteiger charge is -2.28. The van der Waals surface area contributed by atoms with Crippen LogP contribution in [0.3, 0.4) is 0 Å². The summed E-state index contributed by atoms with van der Waals surface area (Å²) in [6, 6.07) is 4.38. The number of rotatable bonds is 4. The number of benzene rings is 1. The molecule has 0 spiro atoms. The van der Waals surface area contributed by atoms with Crippen LogP contribution in [0.4, 0.5) is 4.39 Å². The van der Waals surface area contributed by atoms with Crippen molar-refractivity contribution in [2.24, 2.45) is 11.7 Å². The topological polar surface area (TPSA) is 55.1 Å². The highest BCUT2D eigenvalue weighted by Crippen LogP contribution is 2.37. The van der Waals surface area contributed by atoms with Crippen LogP contribution in [-0.2, 0) is 4.79 Å². The van der Waals surface area contributed by atoms with Crippen molar-refractivity contribution in [3.05, 3.63) is 29.6 Å². The normalized spacial score (nSPS) is 20.9. The molecule has 3 nitrogen and oxygen atoms in total. The number of carbonyl (C=O) groups excluding carboxylic acids is 1. The lowest BCUT2D eigenvalue weighted by molar-refractivity contribution is -0.124. The Morgan fingerprint density at radius 3 is 3.05 bits per heavy atom. The maximum Gasteiger partial charge on any atom is 0.237 e. The van der Waals surface area contributed by atoms with Crippen LogP contribution in [-0.4, -0.2) is 17.7 Å². The maximum absolute atomic E-state index is 13.8. The number of halogens is 1. The van der Waals surface area contributed by atoms with Crippen molar-refractivity contribution in [3.8, 4) is 0 Å². The number of fused-ring (bicyclic) bond motifs is 1. The monoisotopic (exact) mass is 296 g/mol. The first-order valence-corrected chi connectivity index (χ1v) is 8.00. The molecule has 110 valence electrons. The highest BCUT2D eigenvalue weighted by molar-refractivity contribution is 7.99. The van der Waals surface area contributed by atoms with E-state index in [0.717, 1.165) is 24.2 Å². The third-order valence-corrected chi connectivity index (χ3v) is 5.06. The van der Waals surface area contributed by atoms with Crippen molar-refractivity contribution in [1.29, 1.82) is 0 Å². The molecule has 3 unspecified atom stereocenters. The number of hydrogen-bond acceptors (Lipinski definition) is 3. The second kappa shape index (κ2) is 6.59. The number of amides is 1. The van der Waals surface area contributed by atoms with E-state index in [1.54, 1.807) is 6.07 Å². The number of thioether (sulfide) groups is 1. The third kappa shape index (κ3) is 3.15. The summed E-state index contributed by atoms with van der Waals surface area (Å²) >= 11 is 1.51. The lowest BCUT2D eigenvalue weighted by Crippen LogP contribution is -2.46. The minimum Gasteiger partial charge on any atom is -0.348 e. The van der Waals surface area contributed by atoms with Gasteiger partial charge in [-0.25, -0.2) is 4.39 Å². The van der Waals surface area contributed by atoms with Gasteiger partial charge >= 0.3 is 0 Å². The molecule has 1 amide bonds. The number of carbonyl (C=O) groups is 1. The summed E-state index contributed by atoms with van der Waals surface area (Å²) in [5.74, 6) is 0.585. The summed E-state index contributed by atoms with van der Waals surface area (Å²) in [5.41, 5.74) is 6.81. The number of nitrogens with one attached hydrogen (secondary N) is 1. The average molecular weight is 296 g/mol. The first-order chi connectivity index (χ1) is 9.54. The Morgan fingerprint density at radius 1 is 1.60 bits per heavy atom. The van der Waals surface area contributed by atoms with Gasteiger partial charge in [0.1, 0.15) is 5.82 Å². The zero-order chi connectivity index (χ0) is 14.7. The lowest BCUT2D eigenvalue weighted by atomic mass is 9.97. The van der Waals surface area contributed by atoms with E-state index in [1.807, 2.05) is 19.9 Å². The van der Waals surface area contributed by atoms with E-state index in [9.17, 15) is 9.18 Å². The minimum absolute atomic E-state index is 0.135. The molecular weight excluding hydrogens is 275 g/mol. The molecule has 1 aromatic rings. The smallest absolute Gasteiger partial charge is 0.237 e. The number of nitrogens with two attached hydrogens (primary N) is 1. The zero-order valence-electron chi connectivity index (χ0n) is 11.9. The average Bonchev–Trinajstić information content (AvgIpc) is 2.46. The first-order valence-electron chi connectivity index (χ1n) is 7.01. The molecule has 0 fully saturated rings. The Balaban J connectivity index is 2.13. The van der Waals surface area contributed by atoms with Crippen LogP contribution in [0.15, 0.2) is 23.1 Å². The summed E-state index contributed by atoms with van der Waals surface area (Å²) in [6.45, 7) is 3.98. The quantitative estimate of drug-likeness (QED) is 0.898. The van der Waals surface area contributed by atoms with Gasteiger partial charge in [0, 0.05) is 10.6 Å².